The first kappa shape index (κ1) is 16.2. The van der Waals surface area contributed by atoms with E-state index in [4.69, 9.17) is 17.3 Å². The molecule has 1 rings (SSSR count). The molecule has 1 heterocycles. The van der Waals surface area contributed by atoms with Crippen molar-refractivity contribution in [1.29, 1.82) is 0 Å². The van der Waals surface area contributed by atoms with Gasteiger partial charge in [0.15, 0.2) is 0 Å². The van der Waals surface area contributed by atoms with Crippen molar-refractivity contribution in [2.24, 2.45) is 0 Å². The third-order valence-electron chi connectivity index (χ3n) is 2.77. The van der Waals surface area contributed by atoms with Crippen LogP contribution in [-0.2, 0) is 10.0 Å². The molecule has 0 saturated heterocycles. The fourth-order valence-corrected chi connectivity index (χ4v) is 2.76. The van der Waals surface area contributed by atoms with Crippen LogP contribution in [0.3, 0.4) is 0 Å². The zero-order valence-electron chi connectivity index (χ0n) is 11.1. The van der Waals surface area contributed by atoms with Gasteiger partial charge in [-0.1, -0.05) is 25.4 Å². The summed E-state index contributed by atoms with van der Waals surface area (Å²) in [7, 11) is -3.59. The molecule has 19 heavy (non-hydrogen) atoms. The first-order valence-electron chi connectivity index (χ1n) is 6.03. The number of hydrogen-bond acceptors (Lipinski definition) is 5. The number of nitrogens with zero attached hydrogens (tertiary/aromatic N) is 2. The predicted molar refractivity (Wildman–Crippen MR) is 76.6 cm³/mol. The highest BCUT2D eigenvalue weighted by Gasteiger charge is 2.15. The first-order chi connectivity index (χ1) is 8.90. The van der Waals surface area contributed by atoms with Crippen LogP contribution >= 0.6 is 11.6 Å². The lowest BCUT2D eigenvalue weighted by atomic mass is 10.5. The van der Waals surface area contributed by atoms with Crippen molar-refractivity contribution in [3.63, 3.8) is 0 Å². The second-order valence-corrected chi connectivity index (χ2v) is 6.14. The fraction of sp³-hybridized carbons (Fsp3) is 0.545. The molecule has 0 aromatic carbocycles. The van der Waals surface area contributed by atoms with E-state index < -0.39 is 10.0 Å². The van der Waals surface area contributed by atoms with Crippen LogP contribution < -0.4 is 10.5 Å². The number of aromatic nitrogens is 1. The van der Waals surface area contributed by atoms with Crippen LogP contribution in [0.2, 0.25) is 5.02 Å². The second kappa shape index (κ2) is 7.04. The van der Waals surface area contributed by atoms with Gasteiger partial charge in [0.25, 0.3) is 0 Å². The number of likely N-dealkylation sites (N-methyl/N-ethyl adjacent to an activating group) is 1. The Kier molecular flexibility index (Phi) is 5.99. The number of sulfonamides is 1. The molecule has 0 atom stereocenters. The number of pyridine rings is 1. The Morgan fingerprint density at radius 3 is 2.58 bits per heavy atom. The smallest absolute Gasteiger partial charge is 0.242 e. The van der Waals surface area contributed by atoms with Gasteiger partial charge < -0.3 is 10.6 Å². The van der Waals surface area contributed by atoms with Gasteiger partial charge in [0.2, 0.25) is 10.0 Å². The maximum atomic E-state index is 12.0. The van der Waals surface area contributed by atoms with Gasteiger partial charge in [-0.25, -0.2) is 18.1 Å². The van der Waals surface area contributed by atoms with Gasteiger partial charge in [0, 0.05) is 19.3 Å². The largest absolute Gasteiger partial charge is 0.382 e. The highest BCUT2D eigenvalue weighted by atomic mass is 35.5. The van der Waals surface area contributed by atoms with Gasteiger partial charge in [0.05, 0.1) is 5.02 Å². The van der Waals surface area contributed by atoms with Crippen LogP contribution in [0.5, 0.6) is 0 Å². The van der Waals surface area contributed by atoms with E-state index in [0.29, 0.717) is 13.1 Å². The summed E-state index contributed by atoms with van der Waals surface area (Å²) < 4.78 is 26.5. The number of anilines is 1. The molecule has 0 aliphatic heterocycles. The van der Waals surface area contributed by atoms with Crippen LogP contribution in [0.25, 0.3) is 0 Å². The third kappa shape index (κ3) is 4.61. The van der Waals surface area contributed by atoms with Gasteiger partial charge in [0.1, 0.15) is 10.7 Å². The summed E-state index contributed by atoms with van der Waals surface area (Å²) in [5, 5.41) is 0.131. The summed E-state index contributed by atoms with van der Waals surface area (Å²) in [6.07, 6.45) is 1.20. The standard InChI is InChI=1S/C11H19ClN4O2S/c1-3-16(4-2)6-5-15-19(17,18)9-7-10(12)11(13)14-8-9/h7-8,15H,3-6H2,1-2H3,(H2,13,14). The van der Waals surface area contributed by atoms with E-state index in [-0.39, 0.29) is 15.7 Å². The quantitative estimate of drug-likeness (QED) is 0.782. The van der Waals surface area contributed by atoms with Gasteiger partial charge in [-0.3, -0.25) is 0 Å². The lowest BCUT2D eigenvalue weighted by Gasteiger charge is -2.18. The van der Waals surface area contributed by atoms with Crippen molar-refractivity contribution in [1.82, 2.24) is 14.6 Å². The molecule has 0 spiro atoms. The maximum Gasteiger partial charge on any atom is 0.242 e. The number of nitrogens with one attached hydrogen (secondary N) is 1. The molecular weight excluding hydrogens is 288 g/mol. The molecule has 0 saturated carbocycles. The Balaban J connectivity index is 2.68. The average Bonchev–Trinajstić information content (AvgIpc) is 2.37. The van der Waals surface area contributed by atoms with Crippen LogP contribution in [-0.4, -0.2) is 44.5 Å². The number of nitrogen functional groups attached to an aromatic ring is 1. The monoisotopic (exact) mass is 306 g/mol. The number of rotatable bonds is 7. The summed E-state index contributed by atoms with van der Waals surface area (Å²) in [4.78, 5) is 5.88. The van der Waals surface area contributed by atoms with Crippen LogP contribution in [0.4, 0.5) is 5.82 Å². The Morgan fingerprint density at radius 2 is 2.05 bits per heavy atom. The predicted octanol–water partition coefficient (Wildman–Crippen LogP) is 0.937. The molecule has 0 aliphatic rings. The average molecular weight is 307 g/mol. The van der Waals surface area contributed by atoms with E-state index in [0.717, 1.165) is 13.1 Å². The molecule has 1 aromatic rings. The summed E-state index contributed by atoms with van der Waals surface area (Å²) >= 11 is 5.76. The molecule has 8 heteroatoms. The summed E-state index contributed by atoms with van der Waals surface area (Å²) in [5.41, 5.74) is 5.44. The topological polar surface area (TPSA) is 88.3 Å². The summed E-state index contributed by atoms with van der Waals surface area (Å²) in [6, 6.07) is 1.30. The van der Waals surface area contributed by atoms with Crippen LogP contribution in [0.1, 0.15) is 13.8 Å². The highest BCUT2D eigenvalue weighted by molar-refractivity contribution is 7.89. The molecule has 108 valence electrons. The third-order valence-corrected chi connectivity index (χ3v) is 4.50. The van der Waals surface area contributed by atoms with Gasteiger partial charge in [-0.05, 0) is 19.2 Å². The van der Waals surface area contributed by atoms with Crippen LogP contribution in [0, 0.1) is 0 Å². The number of nitrogens with two attached hydrogens (primary N) is 1. The highest BCUT2D eigenvalue weighted by Crippen LogP contribution is 2.19. The van der Waals surface area contributed by atoms with Crippen molar-refractivity contribution in [2.75, 3.05) is 31.9 Å². The van der Waals surface area contributed by atoms with E-state index >= 15 is 0 Å². The molecule has 0 radical (unpaired) electrons. The lowest BCUT2D eigenvalue weighted by Crippen LogP contribution is -2.34. The van der Waals surface area contributed by atoms with Crippen molar-refractivity contribution in [3.05, 3.63) is 17.3 Å². The molecule has 3 N–H and O–H groups in total. The van der Waals surface area contributed by atoms with E-state index in [2.05, 4.69) is 14.6 Å². The zero-order valence-corrected chi connectivity index (χ0v) is 12.6. The van der Waals surface area contributed by atoms with E-state index in [1.54, 1.807) is 0 Å². The van der Waals surface area contributed by atoms with E-state index in [9.17, 15) is 8.42 Å². The normalized spacial score (nSPS) is 12.0. The summed E-state index contributed by atoms with van der Waals surface area (Å²) in [6.45, 7) is 6.82. The minimum absolute atomic E-state index is 0.0197. The molecule has 0 unspecified atom stereocenters. The van der Waals surface area contributed by atoms with Crippen molar-refractivity contribution >= 4 is 27.4 Å². The molecule has 6 nitrogen and oxygen atoms in total. The maximum absolute atomic E-state index is 12.0. The Labute approximate surface area is 119 Å². The van der Waals surface area contributed by atoms with Crippen molar-refractivity contribution in [2.45, 2.75) is 18.7 Å². The molecule has 1 aromatic heterocycles. The number of halogens is 1. The molecule has 0 fully saturated rings. The number of hydrogen-bond donors (Lipinski definition) is 2. The van der Waals surface area contributed by atoms with Crippen LogP contribution in [0.15, 0.2) is 17.2 Å². The van der Waals surface area contributed by atoms with Crippen molar-refractivity contribution < 1.29 is 8.42 Å². The van der Waals surface area contributed by atoms with Gasteiger partial charge in [-0.15, -0.1) is 0 Å². The molecule has 0 aliphatic carbocycles. The minimum atomic E-state index is -3.59. The van der Waals surface area contributed by atoms with Crippen molar-refractivity contribution in [3.8, 4) is 0 Å². The van der Waals surface area contributed by atoms with E-state index in [1.807, 2.05) is 13.8 Å². The lowest BCUT2D eigenvalue weighted by molar-refractivity contribution is 0.309. The Bertz CT molecular complexity index is 517. The van der Waals surface area contributed by atoms with E-state index in [1.165, 1.54) is 12.3 Å². The molecule has 0 bridgehead atoms. The first-order valence-corrected chi connectivity index (χ1v) is 7.89. The fourth-order valence-electron chi connectivity index (χ4n) is 1.54. The molecule has 0 amide bonds. The zero-order chi connectivity index (χ0) is 14.5. The van der Waals surface area contributed by atoms with Gasteiger partial charge in [-0.2, -0.15) is 0 Å². The Morgan fingerprint density at radius 1 is 1.42 bits per heavy atom. The molecular formula is C11H19ClN4O2S. The van der Waals surface area contributed by atoms with Gasteiger partial charge >= 0.3 is 0 Å². The summed E-state index contributed by atoms with van der Waals surface area (Å²) in [5.74, 6) is 0.115. The second-order valence-electron chi connectivity index (χ2n) is 3.96. The SMILES string of the molecule is CCN(CC)CCNS(=O)(=O)c1cnc(N)c(Cl)c1. The Hall–Kier alpha value is -0.890. The minimum Gasteiger partial charge on any atom is -0.382 e.